The second-order valence-electron chi connectivity index (χ2n) is 10.1. The molecule has 10 heteroatoms. The van der Waals surface area contributed by atoms with E-state index >= 15 is 0 Å². The van der Waals surface area contributed by atoms with E-state index in [1.54, 1.807) is 43.0 Å². The Hall–Kier alpha value is -4.31. The van der Waals surface area contributed by atoms with Gasteiger partial charge in [-0.25, -0.2) is 9.50 Å². The smallest absolute Gasteiger partial charge is 0.251 e. The van der Waals surface area contributed by atoms with Crippen LogP contribution < -0.4 is 9.47 Å². The predicted molar refractivity (Wildman–Crippen MR) is 150 cm³/mol. The molecule has 1 fully saturated rings. The summed E-state index contributed by atoms with van der Waals surface area (Å²) in [7, 11) is 3.20. The number of hydrogen-bond acceptors (Lipinski definition) is 8. The Labute approximate surface area is 232 Å². The third kappa shape index (κ3) is 4.90. The van der Waals surface area contributed by atoms with E-state index in [0.717, 1.165) is 33.8 Å². The SMILES string of the molecule is COc1ccc(-c2ccc(-c3cnn4c(C)c(C(C)=O)c(C5CCN(C(=O)C(C)O)CC5)nc34)cn2)cc1OC. The van der Waals surface area contributed by atoms with Gasteiger partial charge in [-0.3, -0.25) is 14.6 Å². The minimum absolute atomic E-state index is 0.00829. The summed E-state index contributed by atoms with van der Waals surface area (Å²) < 4.78 is 12.5. The first-order valence-electron chi connectivity index (χ1n) is 13.3. The first-order valence-corrected chi connectivity index (χ1v) is 13.3. The van der Waals surface area contributed by atoms with Crippen molar-refractivity contribution in [2.75, 3.05) is 27.3 Å². The molecule has 4 aromatic rings. The molecule has 1 aromatic carbocycles. The van der Waals surface area contributed by atoms with E-state index < -0.39 is 6.10 Å². The summed E-state index contributed by atoms with van der Waals surface area (Å²) >= 11 is 0. The van der Waals surface area contributed by atoms with Gasteiger partial charge in [0, 0.05) is 41.9 Å². The molecule has 1 aliphatic heterocycles. The van der Waals surface area contributed by atoms with E-state index in [9.17, 15) is 14.7 Å². The number of carbonyl (C=O) groups is 2. The number of aliphatic hydroxyl groups is 1. The molecule has 208 valence electrons. The maximum Gasteiger partial charge on any atom is 0.251 e. The number of nitrogens with zero attached hydrogens (tertiary/aromatic N) is 5. The molecule has 10 nitrogen and oxygen atoms in total. The summed E-state index contributed by atoms with van der Waals surface area (Å²) in [4.78, 5) is 36.4. The van der Waals surface area contributed by atoms with E-state index in [4.69, 9.17) is 14.5 Å². The first-order chi connectivity index (χ1) is 19.2. The quantitative estimate of drug-likeness (QED) is 0.347. The highest BCUT2D eigenvalue weighted by atomic mass is 16.5. The van der Waals surface area contributed by atoms with Crippen molar-refractivity contribution < 1.29 is 24.2 Å². The molecule has 1 aliphatic rings. The monoisotopic (exact) mass is 543 g/mol. The molecule has 0 radical (unpaired) electrons. The van der Waals surface area contributed by atoms with Crippen molar-refractivity contribution in [3.63, 3.8) is 0 Å². The van der Waals surface area contributed by atoms with Crippen LogP contribution in [-0.2, 0) is 4.79 Å². The minimum Gasteiger partial charge on any atom is -0.493 e. The highest BCUT2D eigenvalue weighted by Gasteiger charge is 2.30. The number of ketones is 1. The van der Waals surface area contributed by atoms with Crippen LogP contribution in [0.2, 0.25) is 0 Å². The van der Waals surface area contributed by atoms with Crippen LogP contribution in [0.15, 0.2) is 42.7 Å². The number of fused-ring (bicyclic) bond motifs is 1. The molecule has 40 heavy (non-hydrogen) atoms. The average Bonchev–Trinajstić information content (AvgIpc) is 3.40. The third-order valence-electron chi connectivity index (χ3n) is 7.56. The van der Waals surface area contributed by atoms with Crippen LogP contribution in [-0.4, -0.2) is 74.7 Å². The van der Waals surface area contributed by atoms with Crippen molar-refractivity contribution in [2.24, 2.45) is 0 Å². The number of benzene rings is 1. The van der Waals surface area contributed by atoms with E-state index in [1.165, 1.54) is 6.92 Å². The number of hydrogen-bond donors (Lipinski definition) is 1. The predicted octanol–water partition coefficient (Wildman–Crippen LogP) is 4.07. The maximum absolute atomic E-state index is 12.8. The van der Waals surface area contributed by atoms with Gasteiger partial charge in [0.25, 0.3) is 5.91 Å². The van der Waals surface area contributed by atoms with E-state index in [0.29, 0.717) is 48.6 Å². The molecule has 1 saturated heterocycles. The van der Waals surface area contributed by atoms with Crippen molar-refractivity contribution in [2.45, 2.75) is 45.6 Å². The van der Waals surface area contributed by atoms with Crippen molar-refractivity contribution >= 4 is 17.3 Å². The van der Waals surface area contributed by atoms with Crippen LogP contribution in [0.1, 0.15) is 54.4 Å². The largest absolute Gasteiger partial charge is 0.493 e. The maximum atomic E-state index is 12.8. The number of aryl methyl sites for hydroxylation is 1. The Morgan fingerprint density at radius 1 is 1.02 bits per heavy atom. The third-order valence-corrected chi connectivity index (χ3v) is 7.56. The van der Waals surface area contributed by atoms with Gasteiger partial charge in [-0.2, -0.15) is 5.10 Å². The summed E-state index contributed by atoms with van der Waals surface area (Å²) in [6.45, 7) is 5.93. The summed E-state index contributed by atoms with van der Waals surface area (Å²) in [6, 6.07) is 9.58. The number of likely N-dealkylation sites (tertiary alicyclic amines) is 1. The minimum atomic E-state index is -1.03. The second-order valence-corrected chi connectivity index (χ2v) is 10.1. The number of amides is 1. The lowest BCUT2D eigenvalue weighted by atomic mass is 9.88. The lowest BCUT2D eigenvalue weighted by molar-refractivity contribution is -0.140. The Kier molecular flexibility index (Phi) is 7.53. The molecule has 0 aliphatic carbocycles. The number of pyridine rings is 1. The highest BCUT2D eigenvalue weighted by Crippen LogP contribution is 2.35. The van der Waals surface area contributed by atoms with Gasteiger partial charge >= 0.3 is 0 Å². The zero-order valence-electron chi connectivity index (χ0n) is 23.3. The molecule has 3 aromatic heterocycles. The number of ether oxygens (including phenoxy) is 2. The van der Waals surface area contributed by atoms with Gasteiger partial charge in [-0.1, -0.05) is 6.07 Å². The van der Waals surface area contributed by atoms with Crippen LogP contribution in [0.3, 0.4) is 0 Å². The van der Waals surface area contributed by atoms with Crippen molar-refractivity contribution in [1.82, 2.24) is 24.5 Å². The molecule has 1 N–H and O–H groups in total. The van der Waals surface area contributed by atoms with Gasteiger partial charge in [0.05, 0.1) is 43.1 Å². The normalized spacial score (nSPS) is 14.8. The van der Waals surface area contributed by atoms with Crippen LogP contribution >= 0.6 is 0 Å². The molecular weight excluding hydrogens is 510 g/mol. The zero-order valence-corrected chi connectivity index (χ0v) is 23.3. The Morgan fingerprint density at radius 3 is 2.33 bits per heavy atom. The first kappa shape index (κ1) is 27.3. The Morgan fingerprint density at radius 2 is 1.73 bits per heavy atom. The molecule has 1 amide bonds. The lowest BCUT2D eigenvalue weighted by Gasteiger charge is -2.33. The molecule has 0 saturated carbocycles. The van der Waals surface area contributed by atoms with Gasteiger partial charge in [-0.05, 0) is 57.9 Å². The van der Waals surface area contributed by atoms with Gasteiger partial charge in [0.2, 0.25) is 0 Å². The molecule has 1 unspecified atom stereocenters. The Bertz CT molecular complexity index is 1570. The summed E-state index contributed by atoms with van der Waals surface area (Å²) in [5, 5.41) is 14.3. The number of Topliss-reactive ketones (excluding diaryl/α,β-unsaturated/α-hetero) is 1. The Balaban J connectivity index is 1.50. The van der Waals surface area contributed by atoms with Gasteiger partial charge in [0.15, 0.2) is 22.9 Å². The average molecular weight is 544 g/mol. The van der Waals surface area contributed by atoms with Crippen LogP contribution in [0, 0.1) is 6.92 Å². The molecule has 1 atom stereocenters. The van der Waals surface area contributed by atoms with Gasteiger partial charge in [-0.15, -0.1) is 0 Å². The zero-order chi connectivity index (χ0) is 28.6. The lowest BCUT2D eigenvalue weighted by Crippen LogP contribution is -2.42. The van der Waals surface area contributed by atoms with E-state index in [2.05, 4.69) is 10.1 Å². The number of aromatic nitrogens is 4. The van der Waals surface area contributed by atoms with E-state index in [1.807, 2.05) is 37.3 Å². The molecular formula is C30H33N5O5. The van der Waals surface area contributed by atoms with E-state index in [-0.39, 0.29) is 17.6 Å². The second kappa shape index (κ2) is 11.1. The van der Waals surface area contributed by atoms with Gasteiger partial charge < -0.3 is 19.5 Å². The fourth-order valence-electron chi connectivity index (χ4n) is 5.45. The van der Waals surface area contributed by atoms with Crippen LogP contribution in [0.25, 0.3) is 28.0 Å². The summed E-state index contributed by atoms with van der Waals surface area (Å²) in [6.07, 6.45) is 3.83. The molecule has 0 bridgehead atoms. The number of piperidine rings is 1. The topological polar surface area (TPSA) is 119 Å². The number of rotatable bonds is 7. The highest BCUT2D eigenvalue weighted by molar-refractivity contribution is 5.97. The molecule has 5 rings (SSSR count). The van der Waals surface area contributed by atoms with Crippen LogP contribution in [0.5, 0.6) is 11.5 Å². The summed E-state index contributed by atoms with van der Waals surface area (Å²) in [5.41, 5.74) is 6.03. The number of aliphatic hydroxyl groups excluding tert-OH is 1. The van der Waals surface area contributed by atoms with Crippen molar-refractivity contribution in [1.29, 1.82) is 0 Å². The fraction of sp³-hybridized carbons (Fsp3) is 0.367. The van der Waals surface area contributed by atoms with Crippen LogP contribution in [0.4, 0.5) is 0 Å². The van der Waals surface area contributed by atoms with Gasteiger partial charge in [0.1, 0.15) is 6.10 Å². The standard InChI is InChI=1S/C30H33N5O5/c1-17-27(18(2)36)28(20-10-12-34(13-11-20)30(38)19(3)37)33-29-23(16-32-35(17)29)22-6-8-24(31-15-22)21-7-9-25(39-4)26(14-21)40-5/h6-9,14-16,19-20,37H,10-13H2,1-5H3. The fourth-order valence-corrected chi connectivity index (χ4v) is 5.45. The number of carbonyl (C=O) groups excluding carboxylic acids is 2. The summed E-state index contributed by atoms with van der Waals surface area (Å²) in [5.74, 6) is 0.947. The molecule has 4 heterocycles. The number of methoxy groups -OCH3 is 2. The van der Waals surface area contributed by atoms with Crippen molar-refractivity contribution in [3.05, 3.63) is 59.7 Å². The van der Waals surface area contributed by atoms with Crippen molar-refractivity contribution in [3.8, 4) is 33.9 Å². The molecule has 0 spiro atoms.